The molecule has 0 aliphatic carbocycles. The molecule has 0 saturated carbocycles. The fourth-order valence-corrected chi connectivity index (χ4v) is 1.77. The van der Waals surface area contributed by atoms with Crippen molar-refractivity contribution >= 4 is 11.6 Å². The molecule has 1 aromatic rings. The smallest absolute Gasteiger partial charge is 0.134 e. The van der Waals surface area contributed by atoms with Crippen LogP contribution in [-0.4, -0.2) is 48.6 Å². The maximum absolute atomic E-state index is 4.36. The number of likely N-dealkylation sites (N-methyl/N-ethyl adjacent to an activating group) is 1. The summed E-state index contributed by atoms with van der Waals surface area (Å²) in [6.07, 6.45) is 3.71. The van der Waals surface area contributed by atoms with Crippen LogP contribution in [0.4, 0.5) is 11.6 Å². The lowest BCUT2D eigenvalue weighted by molar-refractivity contribution is 0.425. The molecule has 5 heteroatoms. The van der Waals surface area contributed by atoms with Gasteiger partial charge in [-0.3, -0.25) is 0 Å². The Hall–Kier alpha value is -1.36. The van der Waals surface area contributed by atoms with Crippen molar-refractivity contribution in [1.82, 2.24) is 14.9 Å². The third kappa shape index (κ3) is 4.49. The molecule has 1 aromatic heterocycles. The van der Waals surface area contributed by atoms with E-state index >= 15 is 0 Å². The first-order chi connectivity index (χ1) is 8.69. The van der Waals surface area contributed by atoms with Gasteiger partial charge in [0, 0.05) is 25.2 Å². The molecule has 0 aromatic carbocycles. The van der Waals surface area contributed by atoms with Crippen molar-refractivity contribution in [2.45, 2.75) is 26.7 Å². The fraction of sp³-hybridized carbons (Fsp3) is 0.692. The van der Waals surface area contributed by atoms with Crippen molar-refractivity contribution in [3.8, 4) is 0 Å². The van der Waals surface area contributed by atoms with E-state index in [0.717, 1.165) is 44.1 Å². The van der Waals surface area contributed by atoms with Gasteiger partial charge in [-0.25, -0.2) is 9.97 Å². The molecular weight excluding hydrogens is 226 g/mol. The molecule has 0 spiro atoms. The first kappa shape index (κ1) is 14.7. The van der Waals surface area contributed by atoms with E-state index in [2.05, 4.69) is 53.4 Å². The average Bonchev–Trinajstić information content (AvgIpc) is 2.33. The van der Waals surface area contributed by atoms with E-state index in [1.807, 2.05) is 0 Å². The van der Waals surface area contributed by atoms with E-state index in [0.29, 0.717) is 0 Å². The molecule has 0 saturated heterocycles. The van der Waals surface area contributed by atoms with Gasteiger partial charge in [0.2, 0.25) is 0 Å². The summed E-state index contributed by atoms with van der Waals surface area (Å²) in [5.41, 5.74) is 1.20. The van der Waals surface area contributed by atoms with Gasteiger partial charge in [-0.05, 0) is 27.4 Å². The van der Waals surface area contributed by atoms with Crippen LogP contribution in [-0.2, 0) is 6.42 Å². The van der Waals surface area contributed by atoms with E-state index in [-0.39, 0.29) is 0 Å². The van der Waals surface area contributed by atoms with Crippen LogP contribution in [0.15, 0.2) is 6.33 Å². The molecule has 0 bridgehead atoms. The minimum atomic E-state index is 0.880. The summed E-state index contributed by atoms with van der Waals surface area (Å²) >= 11 is 0. The molecule has 102 valence electrons. The Kier molecular flexibility index (Phi) is 6.43. The van der Waals surface area contributed by atoms with E-state index in [9.17, 15) is 0 Å². The van der Waals surface area contributed by atoms with E-state index in [4.69, 9.17) is 0 Å². The molecule has 1 rings (SSSR count). The lowest BCUT2D eigenvalue weighted by Gasteiger charge is -2.15. The van der Waals surface area contributed by atoms with E-state index < -0.39 is 0 Å². The van der Waals surface area contributed by atoms with Crippen LogP contribution in [0, 0.1) is 0 Å². The molecule has 0 fully saturated rings. The highest BCUT2D eigenvalue weighted by atomic mass is 15.1. The Morgan fingerprint density at radius 3 is 2.33 bits per heavy atom. The predicted molar refractivity (Wildman–Crippen MR) is 77.2 cm³/mol. The Balaban J connectivity index is 2.77. The maximum Gasteiger partial charge on any atom is 0.134 e. The monoisotopic (exact) mass is 251 g/mol. The maximum atomic E-state index is 4.36. The van der Waals surface area contributed by atoms with Crippen LogP contribution in [0.5, 0.6) is 0 Å². The van der Waals surface area contributed by atoms with Crippen molar-refractivity contribution < 1.29 is 0 Å². The van der Waals surface area contributed by atoms with Gasteiger partial charge in [0.25, 0.3) is 0 Å². The van der Waals surface area contributed by atoms with Gasteiger partial charge in [-0.1, -0.05) is 13.3 Å². The van der Waals surface area contributed by atoms with Gasteiger partial charge < -0.3 is 15.5 Å². The second-order valence-corrected chi connectivity index (χ2v) is 4.56. The summed E-state index contributed by atoms with van der Waals surface area (Å²) in [6, 6.07) is 0. The topological polar surface area (TPSA) is 53.1 Å². The van der Waals surface area contributed by atoms with Gasteiger partial charge in [0.05, 0.1) is 0 Å². The number of nitrogens with zero attached hydrogens (tertiary/aromatic N) is 3. The lowest BCUT2D eigenvalue weighted by atomic mass is 10.1. The van der Waals surface area contributed by atoms with Crippen LogP contribution in [0.2, 0.25) is 0 Å². The summed E-state index contributed by atoms with van der Waals surface area (Å²) < 4.78 is 0. The molecule has 0 aliphatic rings. The molecule has 0 atom stereocenters. The number of aromatic nitrogens is 2. The van der Waals surface area contributed by atoms with Crippen molar-refractivity contribution in [2.75, 3.05) is 44.4 Å². The Morgan fingerprint density at radius 1 is 1.11 bits per heavy atom. The highest BCUT2D eigenvalue weighted by Gasteiger charge is 2.09. The third-order valence-electron chi connectivity index (χ3n) is 2.64. The van der Waals surface area contributed by atoms with Crippen molar-refractivity contribution in [3.63, 3.8) is 0 Å². The quantitative estimate of drug-likeness (QED) is 0.738. The minimum Gasteiger partial charge on any atom is -0.370 e. The molecule has 0 unspecified atom stereocenters. The molecule has 0 aliphatic heterocycles. The zero-order valence-electron chi connectivity index (χ0n) is 12.0. The standard InChI is InChI=1S/C13H25N5/c1-5-7-11-12(14-6-2)16-10-17-13(11)15-8-9-18(3)4/h10H,5-9H2,1-4H3,(H2,14,15,16,17). The lowest BCUT2D eigenvalue weighted by Crippen LogP contribution is -2.22. The highest BCUT2D eigenvalue weighted by Crippen LogP contribution is 2.21. The summed E-state index contributed by atoms with van der Waals surface area (Å²) in [6.45, 7) is 7.02. The number of anilines is 2. The molecule has 5 nitrogen and oxygen atoms in total. The Labute approximate surface area is 110 Å². The molecular formula is C13H25N5. The van der Waals surface area contributed by atoms with Crippen LogP contribution in [0.25, 0.3) is 0 Å². The minimum absolute atomic E-state index is 0.880. The fourth-order valence-electron chi connectivity index (χ4n) is 1.77. The van der Waals surface area contributed by atoms with E-state index in [1.165, 1.54) is 5.56 Å². The molecule has 0 radical (unpaired) electrons. The van der Waals surface area contributed by atoms with Crippen LogP contribution in [0.1, 0.15) is 25.8 Å². The van der Waals surface area contributed by atoms with Crippen LogP contribution in [0.3, 0.4) is 0 Å². The molecule has 1 heterocycles. The number of nitrogens with one attached hydrogen (secondary N) is 2. The second-order valence-electron chi connectivity index (χ2n) is 4.56. The van der Waals surface area contributed by atoms with E-state index in [1.54, 1.807) is 6.33 Å². The molecule has 0 amide bonds. The van der Waals surface area contributed by atoms with Gasteiger partial charge in [-0.15, -0.1) is 0 Å². The third-order valence-corrected chi connectivity index (χ3v) is 2.64. The summed E-state index contributed by atoms with van der Waals surface area (Å²) in [4.78, 5) is 10.8. The Morgan fingerprint density at radius 2 is 1.78 bits per heavy atom. The van der Waals surface area contributed by atoms with Crippen molar-refractivity contribution in [3.05, 3.63) is 11.9 Å². The summed E-state index contributed by atoms with van der Waals surface area (Å²) in [7, 11) is 4.14. The average molecular weight is 251 g/mol. The first-order valence-corrected chi connectivity index (χ1v) is 6.65. The van der Waals surface area contributed by atoms with Crippen molar-refractivity contribution in [2.24, 2.45) is 0 Å². The second kappa shape index (κ2) is 7.87. The van der Waals surface area contributed by atoms with Crippen LogP contribution < -0.4 is 10.6 Å². The number of rotatable bonds is 8. The largest absolute Gasteiger partial charge is 0.370 e. The van der Waals surface area contributed by atoms with Gasteiger partial charge in [0.15, 0.2) is 0 Å². The summed E-state index contributed by atoms with van der Waals surface area (Å²) in [5, 5.41) is 6.69. The van der Waals surface area contributed by atoms with Crippen molar-refractivity contribution in [1.29, 1.82) is 0 Å². The van der Waals surface area contributed by atoms with Gasteiger partial charge in [-0.2, -0.15) is 0 Å². The van der Waals surface area contributed by atoms with Crippen LogP contribution >= 0.6 is 0 Å². The Bertz CT molecular complexity index is 351. The number of hydrogen-bond acceptors (Lipinski definition) is 5. The highest BCUT2D eigenvalue weighted by molar-refractivity contribution is 5.57. The zero-order valence-corrected chi connectivity index (χ0v) is 12.0. The zero-order chi connectivity index (χ0) is 13.4. The number of hydrogen-bond donors (Lipinski definition) is 2. The molecule has 18 heavy (non-hydrogen) atoms. The molecule has 2 N–H and O–H groups in total. The SMILES string of the molecule is CCCc1c(NCC)ncnc1NCCN(C)C. The summed E-state index contributed by atoms with van der Waals surface area (Å²) in [5.74, 6) is 1.92. The van der Waals surface area contributed by atoms with Gasteiger partial charge >= 0.3 is 0 Å². The van der Waals surface area contributed by atoms with Gasteiger partial charge in [0.1, 0.15) is 18.0 Å². The first-order valence-electron chi connectivity index (χ1n) is 6.65. The predicted octanol–water partition coefficient (Wildman–Crippen LogP) is 1.83. The normalized spacial score (nSPS) is 10.7.